The van der Waals surface area contributed by atoms with Crippen LogP contribution in [0.25, 0.3) is 0 Å². The Labute approximate surface area is 215 Å². The van der Waals surface area contributed by atoms with Crippen molar-refractivity contribution in [2.24, 2.45) is 17.6 Å². The molecule has 3 aliphatic rings. The third kappa shape index (κ3) is 4.08. The van der Waals surface area contributed by atoms with Crippen LogP contribution in [0.1, 0.15) is 54.1 Å². The number of Topliss-reactive ketones (excluding diaryl/α,β-unsaturated/α-hetero) is 2. The second kappa shape index (κ2) is 9.50. The van der Waals surface area contributed by atoms with Crippen LogP contribution in [0.5, 0.6) is 5.75 Å². The van der Waals surface area contributed by atoms with Crippen molar-refractivity contribution in [1.29, 1.82) is 0 Å². The lowest BCUT2D eigenvalue weighted by molar-refractivity contribution is -0.144. The first-order valence-electron chi connectivity index (χ1n) is 12.5. The number of nitrogens with zero attached hydrogens (tertiary/aromatic N) is 2. The van der Waals surface area contributed by atoms with Crippen molar-refractivity contribution in [3.05, 3.63) is 45.4 Å². The molecule has 10 nitrogen and oxygen atoms in total. The number of carbonyl (C=O) groups is 3. The predicted molar refractivity (Wildman–Crippen MR) is 136 cm³/mol. The average molecular weight is 514 g/mol. The Morgan fingerprint density at radius 3 is 2.43 bits per heavy atom. The van der Waals surface area contributed by atoms with Crippen molar-refractivity contribution in [1.82, 2.24) is 4.90 Å². The average Bonchev–Trinajstić information content (AvgIpc) is 2.79. The van der Waals surface area contributed by atoms with Gasteiger partial charge in [-0.2, -0.15) is 0 Å². The molecule has 0 saturated heterocycles. The normalized spacial score (nSPS) is 25.2. The van der Waals surface area contributed by atoms with E-state index < -0.39 is 52.0 Å². The summed E-state index contributed by atoms with van der Waals surface area (Å²) in [5, 5.41) is 43.8. The Balaban J connectivity index is 1.84. The van der Waals surface area contributed by atoms with Gasteiger partial charge in [-0.05, 0) is 56.0 Å². The number of hydrogen-bond donors (Lipinski definition) is 5. The van der Waals surface area contributed by atoms with E-state index in [2.05, 4.69) is 11.8 Å². The number of anilines is 1. The number of rotatable bonds is 7. The number of benzene rings is 1. The highest BCUT2D eigenvalue weighted by atomic mass is 16.3. The van der Waals surface area contributed by atoms with E-state index in [9.17, 15) is 34.8 Å². The molecule has 200 valence electrons. The molecule has 10 heteroatoms. The maximum Gasteiger partial charge on any atom is 0.255 e. The number of carbonyl (C=O) groups excluding carboxylic acids is 3. The number of aliphatic hydroxyl groups excluding tert-OH is 2. The number of primary amides is 1. The molecule has 4 rings (SSSR count). The third-order valence-corrected chi connectivity index (χ3v) is 7.89. The van der Waals surface area contributed by atoms with Gasteiger partial charge in [0, 0.05) is 44.2 Å². The minimum Gasteiger partial charge on any atom is -0.511 e. The lowest BCUT2D eigenvalue weighted by Gasteiger charge is -2.46. The number of phenolic OH excluding ortho intramolecular Hbond substituents is 1. The van der Waals surface area contributed by atoms with E-state index in [-0.39, 0.29) is 36.1 Å². The number of fused-ring (bicyclic) bond motifs is 3. The Morgan fingerprint density at radius 1 is 1.16 bits per heavy atom. The fourth-order valence-electron chi connectivity index (χ4n) is 6.22. The van der Waals surface area contributed by atoms with Gasteiger partial charge in [0.05, 0.1) is 5.56 Å². The van der Waals surface area contributed by atoms with Crippen molar-refractivity contribution in [3.8, 4) is 5.75 Å². The molecule has 3 atom stereocenters. The summed E-state index contributed by atoms with van der Waals surface area (Å²) < 4.78 is 0. The standard InChI is InChI=1S/C27H35N3O7/c1-5-6-7-30(4)12-14-10-17(31)20-16(22(14)29(2)3)9-13-8-15-11-18(32)21(26(28)36)25(35)27(15,37)24(34)19(13)23(20)33/h10,13,15,31-32,34,37H,5-9,11-12H2,1-4H3,(H2,28,36)/t13?,15-,27-/m0/s1. The molecule has 0 radical (unpaired) electrons. The van der Waals surface area contributed by atoms with Crippen molar-refractivity contribution in [2.45, 2.75) is 51.2 Å². The van der Waals surface area contributed by atoms with E-state index in [1.807, 2.05) is 26.0 Å². The number of amides is 1. The predicted octanol–water partition coefficient (Wildman–Crippen LogP) is 1.88. The number of unbranched alkanes of at least 4 members (excludes halogenated alkanes) is 1. The SMILES string of the molecule is CCCCN(C)Cc1cc(O)c2c(c1N(C)C)CC1C[C@H]3CC(O)=C(C(N)=O)C(=O)[C@@]3(O)C(O)=C1C2=O. The topological polar surface area (TPSA) is 165 Å². The minimum absolute atomic E-state index is 0.0280. The monoisotopic (exact) mass is 513 g/mol. The van der Waals surface area contributed by atoms with Gasteiger partial charge in [-0.25, -0.2) is 0 Å². The van der Waals surface area contributed by atoms with Crippen molar-refractivity contribution >= 4 is 23.2 Å². The highest BCUT2D eigenvalue weighted by Gasteiger charge is 2.59. The molecule has 0 fully saturated rings. The molecule has 1 aromatic rings. The van der Waals surface area contributed by atoms with Crippen LogP contribution < -0.4 is 10.6 Å². The summed E-state index contributed by atoms with van der Waals surface area (Å²) in [6, 6.07) is 1.56. The third-order valence-electron chi connectivity index (χ3n) is 7.89. The van der Waals surface area contributed by atoms with Gasteiger partial charge in [0.25, 0.3) is 5.91 Å². The zero-order valence-corrected chi connectivity index (χ0v) is 21.7. The summed E-state index contributed by atoms with van der Waals surface area (Å²) >= 11 is 0. The molecule has 0 spiro atoms. The Morgan fingerprint density at radius 2 is 1.84 bits per heavy atom. The smallest absolute Gasteiger partial charge is 0.255 e. The number of nitrogens with two attached hydrogens (primary N) is 1. The molecule has 0 aromatic heterocycles. The molecule has 0 aliphatic heterocycles. The fourth-order valence-corrected chi connectivity index (χ4v) is 6.22. The highest BCUT2D eigenvalue weighted by Crippen LogP contribution is 2.52. The van der Waals surface area contributed by atoms with Gasteiger partial charge >= 0.3 is 0 Å². The van der Waals surface area contributed by atoms with Crippen molar-refractivity contribution < 1.29 is 34.8 Å². The summed E-state index contributed by atoms with van der Waals surface area (Å²) in [7, 11) is 5.73. The van der Waals surface area contributed by atoms with Gasteiger partial charge in [0.1, 0.15) is 22.8 Å². The molecular weight excluding hydrogens is 478 g/mol. The van der Waals surface area contributed by atoms with Crippen LogP contribution in [-0.2, 0) is 22.6 Å². The zero-order valence-electron chi connectivity index (χ0n) is 21.7. The number of hydrogen-bond acceptors (Lipinski definition) is 9. The summed E-state index contributed by atoms with van der Waals surface area (Å²) in [6.45, 7) is 3.56. The molecule has 0 heterocycles. The van der Waals surface area contributed by atoms with E-state index in [1.165, 1.54) is 0 Å². The van der Waals surface area contributed by atoms with Gasteiger partial charge in [0.2, 0.25) is 5.78 Å². The van der Waals surface area contributed by atoms with Gasteiger partial charge in [-0.3, -0.25) is 14.4 Å². The largest absolute Gasteiger partial charge is 0.511 e. The van der Waals surface area contributed by atoms with Gasteiger partial charge < -0.3 is 36.0 Å². The lowest BCUT2D eigenvalue weighted by Crippen LogP contribution is -2.57. The zero-order chi connectivity index (χ0) is 27.4. The summed E-state index contributed by atoms with van der Waals surface area (Å²) in [5.41, 5.74) is 4.09. The molecular formula is C27H35N3O7. The second-order valence-electron chi connectivity index (χ2n) is 10.7. The van der Waals surface area contributed by atoms with E-state index in [0.29, 0.717) is 12.1 Å². The van der Waals surface area contributed by atoms with Crippen LogP contribution in [0.2, 0.25) is 0 Å². The van der Waals surface area contributed by atoms with E-state index in [1.54, 1.807) is 6.07 Å². The quantitative estimate of drug-likeness (QED) is 0.342. The summed E-state index contributed by atoms with van der Waals surface area (Å²) in [4.78, 5) is 42.7. The Kier molecular flexibility index (Phi) is 6.85. The Hall–Kier alpha value is -3.37. The second-order valence-corrected chi connectivity index (χ2v) is 10.7. The number of aliphatic hydroxyl groups is 3. The Bertz CT molecular complexity index is 1250. The number of aromatic hydroxyl groups is 1. The highest BCUT2D eigenvalue weighted by molar-refractivity contribution is 6.24. The molecule has 3 aliphatic carbocycles. The van der Waals surface area contributed by atoms with Crippen LogP contribution >= 0.6 is 0 Å². The molecule has 0 saturated carbocycles. The van der Waals surface area contributed by atoms with Crippen LogP contribution in [0.4, 0.5) is 5.69 Å². The van der Waals surface area contributed by atoms with E-state index in [4.69, 9.17) is 5.73 Å². The van der Waals surface area contributed by atoms with Gasteiger partial charge in [0.15, 0.2) is 11.4 Å². The first kappa shape index (κ1) is 26.7. The fraction of sp³-hybridized carbons (Fsp3) is 0.519. The van der Waals surface area contributed by atoms with Crippen LogP contribution in [0.3, 0.4) is 0 Å². The van der Waals surface area contributed by atoms with Gasteiger partial charge in [-0.1, -0.05) is 13.3 Å². The van der Waals surface area contributed by atoms with E-state index in [0.717, 1.165) is 30.6 Å². The first-order chi connectivity index (χ1) is 17.3. The molecule has 1 amide bonds. The summed E-state index contributed by atoms with van der Waals surface area (Å²) in [6.07, 6.45) is 2.22. The molecule has 37 heavy (non-hydrogen) atoms. The maximum atomic E-state index is 13.8. The van der Waals surface area contributed by atoms with Crippen LogP contribution in [0, 0.1) is 11.8 Å². The molecule has 1 unspecified atom stereocenters. The molecule has 1 aromatic carbocycles. The number of ketones is 2. The number of phenols is 1. The minimum atomic E-state index is -2.56. The van der Waals surface area contributed by atoms with E-state index >= 15 is 0 Å². The van der Waals surface area contributed by atoms with Crippen molar-refractivity contribution in [2.75, 3.05) is 32.6 Å². The molecule has 6 N–H and O–H groups in total. The van der Waals surface area contributed by atoms with Gasteiger partial charge in [-0.15, -0.1) is 0 Å². The van der Waals surface area contributed by atoms with Crippen LogP contribution in [0.15, 0.2) is 28.7 Å². The lowest BCUT2D eigenvalue weighted by atomic mass is 9.60. The maximum absolute atomic E-state index is 13.8. The summed E-state index contributed by atoms with van der Waals surface area (Å²) in [5.74, 6) is -6.24. The van der Waals surface area contributed by atoms with Crippen molar-refractivity contribution in [3.63, 3.8) is 0 Å². The first-order valence-corrected chi connectivity index (χ1v) is 12.5. The number of allylic oxidation sites excluding steroid dienone is 2. The van der Waals surface area contributed by atoms with Crippen LogP contribution in [-0.4, -0.2) is 76.1 Å². The molecule has 0 bridgehead atoms.